The molecule has 0 amide bonds. The normalized spacial score (nSPS) is 20.8. The maximum absolute atomic E-state index is 5.21. The summed E-state index contributed by atoms with van der Waals surface area (Å²) in [7, 11) is 4.06. The van der Waals surface area contributed by atoms with Crippen molar-refractivity contribution in [1.29, 1.82) is 0 Å². The molecule has 1 aliphatic rings. The van der Waals surface area contributed by atoms with Gasteiger partial charge in [-0.3, -0.25) is 0 Å². The highest BCUT2D eigenvalue weighted by atomic mass is 16.5. The van der Waals surface area contributed by atoms with Gasteiger partial charge in [-0.25, -0.2) is 0 Å². The first-order valence-corrected chi connectivity index (χ1v) is 4.95. The molecule has 1 aliphatic carbocycles. The summed E-state index contributed by atoms with van der Waals surface area (Å²) in [5.41, 5.74) is 3.00. The fourth-order valence-corrected chi connectivity index (χ4v) is 2.04. The fourth-order valence-electron chi connectivity index (χ4n) is 2.04. The van der Waals surface area contributed by atoms with E-state index < -0.39 is 0 Å². The van der Waals surface area contributed by atoms with Crippen LogP contribution in [0.2, 0.25) is 5.82 Å². The molecule has 0 heterocycles. The fraction of sp³-hybridized carbons (Fsp3) is 0.455. The van der Waals surface area contributed by atoms with Crippen LogP contribution in [0.3, 0.4) is 0 Å². The van der Waals surface area contributed by atoms with Gasteiger partial charge in [0.05, 0.1) is 7.11 Å². The smallest absolute Gasteiger partial charge is 0.119 e. The van der Waals surface area contributed by atoms with Gasteiger partial charge in [-0.15, -0.1) is 0 Å². The van der Waals surface area contributed by atoms with Crippen LogP contribution in [-0.2, 0) is 12.8 Å². The van der Waals surface area contributed by atoms with E-state index >= 15 is 0 Å². The lowest BCUT2D eigenvalue weighted by molar-refractivity contribution is 0.413. The summed E-state index contributed by atoms with van der Waals surface area (Å²) >= 11 is 0. The Morgan fingerprint density at radius 3 is 3.00 bits per heavy atom. The maximum atomic E-state index is 5.21. The van der Waals surface area contributed by atoms with E-state index in [0.29, 0.717) is 0 Å². The van der Waals surface area contributed by atoms with Gasteiger partial charge in [-0.05, 0) is 36.1 Å². The van der Waals surface area contributed by atoms with Crippen molar-refractivity contribution in [2.24, 2.45) is 0 Å². The van der Waals surface area contributed by atoms with Gasteiger partial charge in [-0.2, -0.15) is 0 Å². The van der Waals surface area contributed by atoms with E-state index in [1.165, 1.54) is 30.4 Å². The Labute approximate surface area is 80.5 Å². The molecule has 0 aliphatic heterocycles. The van der Waals surface area contributed by atoms with Gasteiger partial charge in [0.25, 0.3) is 0 Å². The molecule has 0 fully saturated rings. The number of ether oxygens (including phenoxy) is 1. The third kappa shape index (κ3) is 1.72. The molecule has 0 aromatic heterocycles. The van der Waals surface area contributed by atoms with E-state index in [0.717, 1.165) is 11.6 Å². The average molecular weight is 174 g/mol. The quantitative estimate of drug-likeness (QED) is 0.587. The number of benzene rings is 1. The Bertz CT molecular complexity index is 309. The van der Waals surface area contributed by atoms with Gasteiger partial charge in [-0.1, -0.05) is 18.3 Å². The van der Waals surface area contributed by atoms with Gasteiger partial charge in [0, 0.05) is 0 Å². The van der Waals surface area contributed by atoms with Crippen LogP contribution < -0.4 is 4.74 Å². The minimum atomic E-state index is 0.848. The van der Waals surface area contributed by atoms with Crippen LogP contribution in [0.4, 0.5) is 0 Å². The lowest BCUT2D eigenvalue weighted by Crippen LogP contribution is -2.09. The molecule has 1 nitrogen and oxygen atoms in total. The molecule has 0 bridgehead atoms. The molecule has 0 radical (unpaired) electrons. The standard InChI is InChI=1S/C11H15BO/c1-13-11-5-3-8-6-10(12)4-2-9(8)7-11/h3,5,7,10H,2,4,6,12H2,1H3/t10-/m0/s1. The predicted molar refractivity (Wildman–Crippen MR) is 57.3 cm³/mol. The molecule has 0 saturated heterocycles. The first-order chi connectivity index (χ1) is 6.29. The van der Waals surface area contributed by atoms with Crippen molar-refractivity contribution in [1.82, 2.24) is 0 Å². The zero-order valence-corrected chi connectivity index (χ0v) is 8.34. The summed E-state index contributed by atoms with van der Waals surface area (Å²) in [5.74, 6) is 1.84. The minimum Gasteiger partial charge on any atom is -0.497 e. The molecule has 2 heteroatoms. The molecule has 2 rings (SSSR count). The summed E-state index contributed by atoms with van der Waals surface area (Å²) < 4.78 is 5.21. The molecule has 1 aromatic rings. The van der Waals surface area contributed by atoms with Crippen LogP contribution >= 0.6 is 0 Å². The zero-order valence-electron chi connectivity index (χ0n) is 8.34. The van der Waals surface area contributed by atoms with Crippen molar-refractivity contribution < 1.29 is 4.74 Å². The number of rotatable bonds is 1. The Morgan fingerprint density at radius 2 is 2.23 bits per heavy atom. The molecule has 68 valence electrons. The SMILES string of the molecule is B[C@H]1CCc2cc(OC)ccc2C1. The van der Waals surface area contributed by atoms with Crippen LogP contribution in [-0.4, -0.2) is 15.0 Å². The molecule has 1 atom stereocenters. The molecule has 0 unspecified atom stereocenters. The first kappa shape index (κ1) is 8.67. The molecule has 0 N–H and O–H groups in total. The van der Waals surface area contributed by atoms with Crippen LogP contribution in [0.5, 0.6) is 5.75 Å². The van der Waals surface area contributed by atoms with Crippen molar-refractivity contribution in [2.45, 2.75) is 25.1 Å². The molecular formula is C11H15BO. The largest absolute Gasteiger partial charge is 0.497 e. The number of aryl methyl sites for hydroxylation is 1. The highest BCUT2D eigenvalue weighted by Crippen LogP contribution is 2.29. The van der Waals surface area contributed by atoms with Crippen molar-refractivity contribution in [3.8, 4) is 5.75 Å². The van der Waals surface area contributed by atoms with Crippen LogP contribution in [0, 0.1) is 0 Å². The molecule has 0 saturated carbocycles. The first-order valence-electron chi connectivity index (χ1n) is 4.95. The van der Waals surface area contributed by atoms with Crippen molar-refractivity contribution in [3.05, 3.63) is 29.3 Å². The van der Waals surface area contributed by atoms with Crippen LogP contribution in [0.15, 0.2) is 18.2 Å². The van der Waals surface area contributed by atoms with Crippen molar-refractivity contribution in [3.63, 3.8) is 0 Å². The van der Waals surface area contributed by atoms with Crippen molar-refractivity contribution in [2.75, 3.05) is 7.11 Å². The average Bonchev–Trinajstić information content (AvgIpc) is 2.17. The van der Waals surface area contributed by atoms with Gasteiger partial charge < -0.3 is 4.74 Å². The second kappa shape index (κ2) is 3.45. The predicted octanol–water partition coefficient (Wildman–Crippen LogP) is 1.61. The maximum Gasteiger partial charge on any atom is 0.119 e. The van der Waals surface area contributed by atoms with Crippen LogP contribution in [0.1, 0.15) is 17.5 Å². The van der Waals surface area contributed by atoms with Gasteiger partial charge in [0.2, 0.25) is 0 Å². The topological polar surface area (TPSA) is 9.23 Å². The van der Waals surface area contributed by atoms with Gasteiger partial charge in [0.15, 0.2) is 0 Å². The molecule has 0 spiro atoms. The lowest BCUT2D eigenvalue weighted by atomic mass is 9.73. The summed E-state index contributed by atoms with van der Waals surface area (Å²) in [6.45, 7) is 0. The van der Waals surface area contributed by atoms with E-state index in [9.17, 15) is 0 Å². The lowest BCUT2D eigenvalue weighted by Gasteiger charge is -2.21. The monoisotopic (exact) mass is 174 g/mol. The molecule has 1 aromatic carbocycles. The highest BCUT2D eigenvalue weighted by molar-refractivity contribution is 6.11. The highest BCUT2D eigenvalue weighted by Gasteiger charge is 2.14. The van der Waals surface area contributed by atoms with E-state index in [4.69, 9.17) is 4.74 Å². The van der Waals surface area contributed by atoms with E-state index in [2.05, 4.69) is 26.0 Å². The van der Waals surface area contributed by atoms with E-state index in [1.54, 1.807) is 7.11 Å². The summed E-state index contributed by atoms with van der Waals surface area (Å²) in [6.07, 6.45) is 3.77. The van der Waals surface area contributed by atoms with Gasteiger partial charge >= 0.3 is 0 Å². The number of hydrogen-bond donors (Lipinski definition) is 0. The second-order valence-corrected chi connectivity index (χ2v) is 3.98. The third-order valence-electron chi connectivity index (χ3n) is 2.89. The number of hydrogen-bond acceptors (Lipinski definition) is 1. The van der Waals surface area contributed by atoms with Gasteiger partial charge in [0.1, 0.15) is 13.6 Å². The Kier molecular flexibility index (Phi) is 2.30. The Hall–Kier alpha value is -0.915. The Morgan fingerprint density at radius 1 is 1.38 bits per heavy atom. The summed E-state index contributed by atoms with van der Waals surface area (Å²) in [5, 5.41) is 0. The minimum absolute atomic E-state index is 0.848. The third-order valence-corrected chi connectivity index (χ3v) is 2.89. The summed E-state index contributed by atoms with van der Waals surface area (Å²) in [4.78, 5) is 0. The molecular weight excluding hydrogens is 159 g/mol. The molecule has 13 heavy (non-hydrogen) atoms. The Balaban J connectivity index is 2.31. The van der Waals surface area contributed by atoms with E-state index in [1.807, 2.05) is 0 Å². The zero-order chi connectivity index (χ0) is 9.26. The van der Waals surface area contributed by atoms with Crippen molar-refractivity contribution >= 4 is 7.85 Å². The second-order valence-electron chi connectivity index (χ2n) is 3.98. The number of fused-ring (bicyclic) bond motifs is 1. The summed E-state index contributed by atoms with van der Waals surface area (Å²) in [6, 6.07) is 6.46. The van der Waals surface area contributed by atoms with E-state index in [-0.39, 0.29) is 0 Å². The number of methoxy groups -OCH3 is 1. The van der Waals surface area contributed by atoms with Crippen LogP contribution in [0.25, 0.3) is 0 Å².